The van der Waals surface area contributed by atoms with Crippen LogP contribution in [0.15, 0.2) is 33.3 Å². The Morgan fingerprint density at radius 3 is 2.83 bits per heavy atom. The number of thiophene rings is 1. The molecule has 1 aliphatic heterocycles. The number of benzene rings is 1. The maximum Gasteiger partial charge on any atom is 0.341 e. The van der Waals surface area contributed by atoms with Gasteiger partial charge < -0.3 is 14.6 Å². The van der Waals surface area contributed by atoms with Crippen LogP contribution in [-0.4, -0.2) is 47.1 Å². The topological polar surface area (TPSA) is 97.6 Å². The molecular formula is C25H27BrN4O4S. The Hall–Kier alpha value is -2.56. The predicted octanol–water partition coefficient (Wildman–Crippen LogP) is 5.08. The molecule has 8 nitrogen and oxygen atoms in total. The van der Waals surface area contributed by atoms with Crippen LogP contribution in [0.25, 0.3) is 11.4 Å². The summed E-state index contributed by atoms with van der Waals surface area (Å²) in [4.78, 5) is 33.6. The third-order valence-corrected chi connectivity index (χ3v) is 8.34. The van der Waals surface area contributed by atoms with Crippen molar-refractivity contribution in [1.29, 1.82) is 0 Å². The predicted molar refractivity (Wildman–Crippen MR) is 136 cm³/mol. The summed E-state index contributed by atoms with van der Waals surface area (Å²) < 4.78 is 11.5. The molecular weight excluding hydrogens is 532 g/mol. The van der Waals surface area contributed by atoms with E-state index in [-0.39, 0.29) is 17.8 Å². The van der Waals surface area contributed by atoms with E-state index in [1.54, 1.807) is 0 Å². The monoisotopic (exact) mass is 558 g/mol. The average Bonchev–Trinajstić information content (AvgIpc) is 3.48. The molecule has 0 radical (unpaired) electrons. The number of hydrogen-bond acceptors (Lipinski definition) is 8. The van der Waals surface area contributed by atoms with Crippen molar-refractivity contribution in [3.63, 3.8) is 0 Å². The Morgan fingerprint density at radius 1 is 1.23 bits per heavy atom. The lowest BCUT2D eigenvalue weighted by atomic mass is 9.95. The summed E-state index contributed by atoms with van der Waals surface area (Å²) in [5, 5.41) is 7.80. The first-order valence-corrected chi connectivity index (χ1v) is 13.5. The summed E-state index contributed by atoms with van der Waals surface area (Å²) in [5.41, 5.74) is 2.48. The van der Waals surface area contributed by atoms with E-state index >= 15 is 0 Å². The van der Waals surface area contributed by atoms with Gasteiger partial charge in [0.2, 0.25) is 17.6 Å². The molecule has 1 aromatic carbocycles. The maximum absolute atomic E-state index is 13.2. The van der Waals surface area contributed by atoms with Crippen molar-refractivity contribution in [3.8, 4) is 11.4 Å². The van der Waals surface area contributed by atoms with E-state index in [1.807, 2.05) is 24.3 Å². The molecule has 1 unspecified atom stereocenters. The van der Waals surface area contributed by atoms with Crippen LogP contribution >= 0.6 is 27.3 Å². The third-order valence-electron chi connectivity index (χ3n) is 6.60. The molecule has 3 aromatic rings. The lowest BCUT2D eigenvalue weighted by Crippen LogP contribution is -2.40. The van der Waals surface area contributed by atoms with Crippen molar-refractivity contribution in [2.45, 2.75) is 45.1 Å². The van der Waals surface area contributed by atoms with Gasteiger partial charge in [-0.1, -0.05) is 21.1 Å². The highest BCUT2D eigenvalue weighted by molar-refractivity contribution is 9.10. The number of rotatable bonds is 6. The quantitative estimate of drug-likeness (QED) is 0.421. The Balaban J connectivity index is 1.24. The number of nitrogens with zero attached hydrogens (tertiary/aromatic N) is 3. The summed E-state index contributed by atoms with van der Waals surface area (Å²) in [6.45, 7) is 1.95. The fourth-order valence-electron chi connectivity index (χ4n) is 4.83. The molecule has 0 spiro atoms. The van der Waals surface area contributed by atoms with Crippen molar-refractivity contribution < 1.29 is 18.8 Å². The molecule has 2 aromatic heterocycles. The number of nitrogens with one attached hydrogen (secondary N) is 1. The molecule has 1 fully saturated rings. The Labute approximate surface area is 216 Å². The van der Waals surface area contributed by atoms with Crippen molar-refractivity contribution in [2.75, 3.05) is 25.5 Å². The number of hydrogen-bond donors (Lipinski definition) is 1. The summed E-state index contributed by atoms with van der Waals surface area (Å²) in [7, 11) is 1.39. The smallest absolute Gasteiger partial charge is 0.341 e. The van der Waals surface area contributed by atoms with Crippen LogP contribution < -0.4 is 5.32 Å². The zero-order valence-electron chi connectivity index (χ0n) is 19.5. The van der Waals surface area contributed by atoms with Gasteiger partial charge in [-0.2, -0.15) is 4.98 Å². The largest absolute Gasteiger partial charge is 0.465 e. The Bertz CT molecular complexity index is 1220. The van der Waals surface area contributed by atoms with E-state index < -0.39 is 0 Å². The van der Waals surface area contributed by atoms with E-state index in [1.165, 1.54) is 23.3 Å². The number of aromatic nitrogens is 2. The van der Waals surface area contributed by atoms with Crippen LogP contribution in [0.5, 0.6) is 0 Å². The number of esters is 1. The number of aryl methyl sites for hydroxylation is 1. The zero-order valence-corrected chi connectivity index (χ0v) is 21.9. The number of anilines is 1. The summed E-state index contributed by atoms with van der Waals surface area (Å²) in [5.74, 6) is 0.475. The minimum atomic E-state index is -0.372. The van der Waals surface area contributed by atoms with Crippen LogP contribution in [0, 0.1) is 5.92 Å². The van der Waals surface area contributed by atoms with Gasteiger partial charge in [0.15, 0.2) is 0 Å². The van der Waals surface area contributed by atoms with Crippen LogP contribution in [0.3, 0.4) is 0 Å². The van der Waals surface area contributed by atoms with E-state index in [4.69, 9.17) is 9.26 Å². The second kappa shape index (κ2) is 10.6. The molecule has 5 rings (SSSR count). The first-order chi connectivity index (χ1) is 17.0. The van der Waals surface area contributed by atoms with Crippen molar-refractivity contribution in [1.82, 2.24) is 15.0 Å². The van der Waals surface area contributed by atoms with E-state index in [2.05, 4.69) is 36.3 Å². The molecule has 0 bridgehead atoms. The fourth-order valence-corrected chi connectivity index (χ4v) is 6.37. The van der Waals surface area contributed by atoms with Gasteiger partial charge in [0, 0.05) is 21.5 Å². The highest BCUT2D eigenvalue weighted by Gasteiger charge is 2.31. The van der Waals surface area contributed by atoms with Gasteiger partial charge >= 0.3 is 5.97 Å². The van der Waals surface area contributed by atoms with Gasteiger partial charge in [0.05, 0.1) is 25.1 Å². The number of piperidine rings is 1. The highest BCUT2D eigenvalue weighted by atomic mass is 79.9. The van der Waals surface area contributed by atoms with E-state index in [0.717, 1.165) is 60.7 Å². The van der Waals surface area contributed by atoms with Crippen molar-refractivity contribution >= 4 is 44.1 Å². The maximum atomic E-state index is 13.2. The second-order valence-corrected chi connectivity index (χ2v) is 11.0. The van der Waals surface area contributed by atoms with Crippen LogP contribution in [0.1, 0.15) is 52.4 Å². The molecule has 1 amide bonds. The fraction of sp³-hybridized carbons (Fsp3) is 0.440. The number of likely N-dealkylation sites (tertiary alicyclic amines) is 1. The molecule has 35 heavy (non-hydrogen) atoms. The number of ether oxygens (including phenoxy) is 1. The number of methoxy groups -OCH3 is 1. The van der Waals surface area contributed by atoms with Gasteiger partial charge in [-0.15, -0.1) is 11.3 Å². The zero-order chi connectivity index (χ0) is 24.4. The number of amides is 1. The molecule has 1 saturated heterocycles. The second-order valence-electron chi connectivity index (χ2n) is 8.99. The molecule has 184 valence electrons. The summed E-state index contributed by atoms with van der Waals surface area (Å²) >= 11 is 4.95. The molecule has 1 atom stereocenters. The molecule has 3 heterocycles. The van der Waals surface area contributed by atoms with Crippen LogP contribution in [-0.2, 0) is 28.9 Å². The van der Waals surface area contributed by atoms with Gasteiger partial charge in [-0.05, 0) is 74.9 Å². The lowest BCUT2D eigenvalue weighted by molar-refractivity contribution is -0.121. The number of halogens is 1. The normalized spacial score (nSPS) is 18.2. The summed E-state index contributed by atoms with van der Waals surface area (Å²) in [6, 6.07) is 7.75. The Kier molecular flexibility index (Phi) is 7.31. The van der Waals surface area contributed by atoms with E-state index in [0.29, 0.717) is 35.4 Å². The standard InChI is InChI=1S/C25H27BrN4O4S/c1-33-25(32)21-18-6-2-3-7-19(18)35-24(21)28-23(31)16-5-4-12-30(13-16)14-20-27-22(29-34-20)15-8-10-17(26)11-9-15/h8-11,16H,2-7,12-14H2,1H3,(H,28,31). The highest BCUT2D eigenvalue weighted by Crippen LogP contribution is 2.39. The molecule has 1 aliphatic carbocycles. The first-order valence-electron chi connectivity index (χ1n) is 11.9. The SMILES string of the molecule is COC(=O)c1c(NC(=O)C2CCCN(Cc3nc(-c4ccc(Br)cc4)no3)C2)sc2c1CCCC2. The van der Waals surface area contributed by atoms with Crippen LogP contribution in [0.2, 0.25) is 0 Å². The van der Waals surface area contributed by atoms with Gasteiger partial charge in [-0.3, -0.25) is 9.69 Å². The minimum Gasteiger partial charge on any atom is -0.465 e. The first kappa shape index (κ1) is 24.1. The van der Waals surface area contributed by atoms with Gasteiger partial charge in [0.25, 0.3) is 0 Å². The number of fused-ring (bicyclic) bond motifs is 1. The number of carbonyl (C=O) groups excluding carboxylic acids is 2. The molecule has 2 aliphatic rings. The van der Waals surface area contributed by atoms with Crippen molar-refractivity contribution in [3.05, 3.63) is 50.6 Å². The lowest BCUT2D eigenvalue weighted by Gasteiger charge is -2.30. The average molecular weight is 559 g/mol. The van der Waals surface area contributed by atoms with Crippen molar-refractivity contribution in [2.24, 2.45) is 5.92 Å². The Morgan fingerprint density at radius 2 is 2.03 bits per heavy atom. The number of carbonyl (C=O) groups is 2. The molecule has 0 saturated carbocycles. The molecule has 1 N–H and O–H groups in total. The van der Waals surface area contributed by atoms with Gasteiger partial charge in [0.1, 0.15) is 5.00 Å². The molecule has 10 heteroatoms. The van der Waals surface area contributed by atoms with E-state index in [9.17, 15) is 9.59 Å². The van der Waals surface area contributed by atoms with Crippen LogP contribution in [0.4, 0.5) is 5.00 Å². The van der Waals surface area contributed by atoms with Gasteiger partial charge in [-0.25, -0.2) is 4.79 Å². The summed E-state index contributed by atoms with van der Waals surface area (Å²) in [6.07, 6.45) is 5.67. The third kappa shape index (κ3) is 5.34. The minimum absolute atomic E-state index is 0.0560.